The molecule has 0 radical (unpaired) electrons. The first kappa shape index (κ1) is 13.2. The zero-order valence-electron chi connectivity index (χ0n) is 10.4. The molecule has 0 bridgehead atoms. The first-order valence-electron chi connectivity index (χ1n) is 5.82. The molecule has 1 aromatic heterocycles. The minimum atomic E-state index is -0.581. The van der Waals surface area contributed by atoms with Gasteiger partial charge in [-0.25, -0.2) is 4.98 Å². The number of rotatable bonds is 4. The van der Waals surface area contributed by atoms with E-state index in [1.54, 1.807) is 7.05 Å². The molecule has 0 spiro atoms. The van der Waals surface area contributed by atoms with Gasteiger partial charge in [0.25, 0.3) is 11.6 Å². The second-order valence-electron chi connectivity index (χ2n) is 4.13. The molecule has 1 amide bonds. The summed E-state index contributed by atoms with van der Waals surface area (Å²) in [6.07, 6.45) is 1.85. The average Bonchev–Trinajstić information content (AvgIpc) is 2.90. The van der Waals surface area contributed by atoms with Crippen molar-refractivity contribution >= 4 is 17.4 Å². The van der Waals surface area contributed by atoms with Gasteiger partial charge in [0.05, 0.1) is 23.1 Å². The van der Waals surface area contributed by atoms with Gasteiger partial charge in [0.15, 0.2) is 0 Å². The Morgan fingerprint density at radius 3 is 3.00 bits per heavy atom. The van der Waals surface area contributed by atoms with Crippen molar-refractivity contribution in [2.24, 2.45) is 0 Å². The fraction of sp³-hybridized carbons (Fsp3) is 0.455. The number of hydrogen-bond acceptors (Lipinski definition) is 6. The maximum absolute atomic E-state index is 12.1. The molecule has 1 aliphatic heterocycles. The van der Waals surface area contributed by atoms with Crippen molar-refractivity contribution in [3.63, 3.8) is 0 Å². The highest BCUT2D eigenvalue weighted by atomic mass is 16.6. The van der Waals surface area contributed by atoms with Crippen LogP contribution in [0.1, 0.15) is 16.8 Å². The van der Waals surface area contributed by atoms with Gasteiger partial charge in [-0.2, -0.15) is 0 Å². The largest absolute Gasteiger partial charge is 0.379 e. The number of nitro groups is 1. The Morgan fingerprint density at radius 1 is 1.63 bits per heavy atom. The maximum atomic E-state index is 12.1. The quantitative estimate of drug-likeness (QED) is 0.609. The summed E-state index contributed by atoms with van der Waals surface area (Å²) in [4.78, 5) is 26.1. The topological polar surface area (TPSA) is 106 Å². The van der Waals surface area contributed by atoms with Crippen LogP contribution in [-0.2, 0) is 4.74 Å². The molecule has 0 aliphatic carbocycles. The van der Waals surface area contributed by atoms with Gasteiger partial charge >= 0.3 is 0 Å². The van der Waals surface area contributed by atoms with Crippen LogP contribution in [0.4, 0.5) is 11.5 Å². The molecule has 2 rings (SSSR count). The van der Waals surface area contributed by atoms with E-state index in [2.05, 4.69) is 15.6 Å². The predicted molar refractivity (Wildman–Crippen MR) is 67.1 cm³/mol. The average molecular weight is 266 g/mol. The SMILES string of the molecule is CNc1ncc([N+](=O)[O-])cc1C(=O)NC1CCOC1. The molecule has 102 valence electrons. The lowest BCUT2D eigenvalue weighted by atomic mass is 10.2. The van der Waals surface area contributed by atoms with E-state index in [1.165, 1.54) is 6.07 Å². The molecule has 1 fully saturated rings. The van der Waals surface area contributed by atoms with Crippen molar-refractivity contribution in [3.05, 3.63) is 27.9 Å². The zero-order valence-corrected chi connectivity index (χ0v) is 10.4. The summed E-state index contributed by atoms with van der Waals surface area (Å²) in [6, 6.07) is 1.15. The molecule has 19 heavy (non-hydrogen) atoms. The smallest absolute Gasteiger partial charge is 0.288 e. The van der Waals surface area contributed by atoms with Gasteiger partial charge in [-0.1, -0.05) is 0 Å². The molecule has 1 aliphatic rings. The summed E-state index contributed by atoms with van der Waals surface area (Å²) < 4.78 is 5.16. The monoisotopic (exact) mass is 266 g/mol. The Bertz CT molecular complexity index is 499. The van der Waals surface area contributed by atoms with E-state index < -0.39 is 10.8 Å². The van der Waals surface area contributed by atoms with E-state index in [9.17, 15) is 14.9 Å². The fourth-order valence-electron chi connectivity index (χ4n) is 1.84. The number of carbonyl (C=O) groups is 1. The van der Waals surface area contributed by atoms with Crippen molar-refractivity contribution in [1.29, 1.82) is 0 Å². The Balaban J connectivity index is 2.22. The number of anilines is 1. The van der Waals surface area contributed by atoms with Gasteiger partial charge in [-0.05, 0) is 6.42 Å². The van der Waals surface area contributed by atoms with Crippen LogP contribution in [0.3, 0.4) is 0 Å². The van der Waals surface area contributed by atoms with E-state index in [1.807, 2.05) is 0 Å². The normalized spacial score (nSPS) is 18.1. The lowest BCUT2D eigenvalue weighted by Gasteiger charge is -2.12. The van der Waals surface area contributed by atoms with Crippen LogP contribution in [0, 0.1) is 10.1 Å². The van der Waals surface area contributed by atoms with E-state index in [0.29, 0.717) is 19.0 Å². The van der Waals surface area contributed by atoms with Crippen LogP contribution in [0.2, 0.25) is 0 Å². The number of nitrogens with zero attached hydrogens (tertiary/aromatic N) is 2. The number of pyridine rings is 1. The standard InChI is InChI=1S/C11H14N4O4/c1-12-10-9(4-8(5-13-10)15(17)18)11(16)14-7-2-3-19-6-7/h4-5,7H,2-3,6H2,1H3,(H,12,13)(H,14,16). The zero-order chi connectivity index (χ0) is 13.8. The number of aromatic nitrogens is 1. The molecule has 1 unspecified atom stereocenters. The molecule has 0 saturated carbocycles. The highest BCUT2D eigenvalue weighted by Crippen LogP contribution is 2.19. The number of carbonyl (C=O) groups excluding carboxylic acids is 1. The second kappa shape index (κ2) is 5.61. The van der Waals surface area contributed by atoms with E-state index in [-0.39, 0.29) is 17.3 Å². The molecule has 1 saturated heterocycles. The van der Waals surface area contributed by atoms with Gasteiger partial charge in [-0.3, -0.25) is 14.9 Å². The summed E-state index contributed by atoms with van der Waals surface area (Å²) in [6.45, 7) is 1.07. The van der Waals surface area contributed by atoms with Crippen molar-refractivity contribution in [1.82, 2.24) is 10.3 Å². The van der Waals surface area contributed by atoms with Gasteiger partial charge in [0, 0.05) is 19.7 Å². The van der Waals surface area contributed by atoms with Crippen LogP contribution in [0.5, 0.6) is 0 Å². The molecule has 8 nitrogen and oxygen atoms in total. The third kappa shape index (κ3) is 2.97. The summed E-state index contributed by atoms with van der Waals surface area (Å²) in [5.74, 6) is -0.0851. The Hall–Kier alpha value is -2.22. The minimum absolute atomic E-state index is 0.0588. The molecular formula is C11H14N4O4. The Labute approximate surface area is 109 Å². The highest BCUT2D eigenvalue weighted by Gasteiger charge is 2.22. The lowest BCUT2D eigenvalue weighted by Crippen LogP contribution is -2.35. The van der Waals surface area contributed by atoms with Gasteiger partial charge in [0.1, 0.15) is 12.0 Å². The van der Waals surface area contributed by atoms with Gasteiger partial charge in [-0.15, -0.1) is 0 Å². The summed E-state index contributed by atoms with van der Waals surface area (Å²) in [5, 5.41) is 16.2. The fourth-order valence-corrected chi connectivity index (χ4v) is 1.84. The molecule has 1 aromatic rings. The summed E-state index contributed by atoms with van der Waals surface area (Å²) >= 11 is 0. The van der Waals surface area contributed by atoms with Gasteiger partial charge in [0.2, 0.25) is 0 Å². The van der Waals surface area contributed by atoms with Crippen LogP contribution < -0.4 is 10.6 Å². The van der Waals surface area contributed by atoms with Crippen molar-refractivity contribution in [3.8, 4) is 0 Å². The number of ether oxygens (including phenoxy) is 1. The second-order valence-corrected chi connectivity index (χ2v) is 4.13. The minimum Gasteiger partial charge on any atom is -0.379 e. The number of hydrogen-bond donors (Lipinski definition) is 2. The molecule has 1 atom stereocenters. The lowest BCUT2D eigenvalue weighted by molar-refractivity contribution is -0.385. The van der Waals surface area contributed by atoms with Crippen molar-refractivity contribution in [2.75, 3.05) is 25.6 Å². The number of nitrogens with one attached hydrogen (secondary N) is 2. The van der Waals surface area contributed by atoms with Crippen LogP contribution in [0.15, 0.2) is 12.3 Å². The predicted octanol–water partition coefficient (Wildman–Crippen LogP) is 0.550. The van der Waals surface area contributed by atoms with E-state index in [4.69, 9.17) is 4.74 Å². The molecule has 2 N–H and O–H groups in total. The molecule has 8 heteroatoms. The van der Waals surface area contributed by atoms with Crippen LogP contribution in [-0.4, -0.2) is 42.1 Å². The van der Waals surface area contributed by atoms with E-state index >= 15 is 0 Å². The van der Waals surface area contributed by atoms with Gasteiger partial charge < -0.3 is 15.4 Å². The molecule has 0 aromatic carbocycles. The molecular weight excluding hydrogens is 252 g/mol. The highest BCUT2D eigenvalue weighted by molar-refractivity contribution is 5.99. The van der Waals surface area contributed by atoms with Crippen molar-refractivity contribution in [2.45, 2.75) is 12.5 Å². The first-order chi connectivity index (χ1) is 9.11. The third-order valence-electron chi connectivity index (χ3n) is 2.83. The molecule has 2 heterocycles. The van der Waals surface area contributed by atoms with Crippen LogP contribution in [0.25, 0.3) is 0 Å². The summed E-state index contributed by atoms with van der Waals surface area (Å²) in [5.41, 5.74) is -0.0598. The number of amides is 1. The third-order valence-corrected chi connectivity index (χ3v) is 2.83. The van der Waals surface area contributed by atoms with Crippen LogP contribution >= 0.6 is 0 Å². The van der Waals surface area contributed by atoms with E-state index in [0.717, 1.165) is 12.6 Å². The summed E-state index contributed by atoms with van der Waals surface area (Å²) in [7, 11) is 1.60. The maximum Gasteiger partial charge on any atom is 0.288 e. The first-order valence-corrected chi connectivity index (χ1v) is 5.82. The Morgan fingerprint density at radius 2 is 2.42 bits per heavy atom. The Kier molecular flexibility index (Phi) is 3.91. The van der Waals surface area contributed by atoms with Crippen molar-refractivity contribution < 1.29 is 14.5 Å².